The Labute approximate surface area is 496 Å². The molecule has 6 heterocycles. The molecule has 6 aliphatic heterocycles. The first-order valence-electron chi connectivity index (χ1n) is 27.5. The van der Waals surface area contributed by atoms with Crippen LogP contribution in [0.2, 0.25) is 0 Å². The molecule has 0 aromatic carbocycles. The molecule has 0 bridgehead atoms. The van der Waals surface area contributed by atoms with Crippen LogP contribution >= 0.6 is 37.2 Å². The smallest absolute Gasteiger partial charge is 0.220 e. The maximum absolute atomic E-state index is 11.1. The van der Waals surface area contributed by atoms with Crippen molar-refractivity contribution in [3.8, 4) is 0 Å². The summed E-state index contributed by atoms with van der Waals surface area (Å²) in [4.78, 5) is 48.5. The molecule has 10 N–H and O–H groups in total. The molecule has 22 nitrogen and oxygen atoms in total. The molecular formula is C54H117Cl3N8O14. The molecule has 6 rings (SSSR count). The number of aliphatic hydroxyl groups is 4. The van der Waals surface area contributed by atoms with E-state index in [0.29, 0.717) is 75.9 Å². The number of Topliss-reactive ketones (excluding diaryl/α,β-unsaturated/α-hetero) is 1. The summed E-state index contributed by atoms with van der Waals surface area (Å²) in [6.07, 6.45) is 0. The minimum Gasteiger partial charge on any atom is -0.395 e. The van der Waals surface area contributed by atoms with Crippen LogP contribution in [0, 0.1) is 0 Å². The third-order valence-corrected chi connectivity index (χ3v) is 11.6. The summed E-state index contributed by atoms with van der Waals surface area (Å²) >= 11 is 0. The Morgan fingerprint density at radius 2 is 0.582 bits per heavy atom. The molecule has 25 heteroatoms. The summed E-state index contributed by atoms with van der Waals surface area (Å²) in [7, 11) is 0. The zero-order chi connectivity index (χ0) is 59.1. The fraction of sp³-hybridized carbons (Fsp3) is 0.926. The van der Waals surface area contributed by atoms with E-state index in [1.165, 1.54) is 6.92 Å². The maximum atomic E-state index is 11.1. The Hall–Kier alpha value is -1.65. The molecule has 0 saturated carbocycles. The van der Waals surface area contributed by atoms with E-state index in [4.69, 9.17) is 54.6 Å². The molecule has 478 valence electrons. The quantitative estimate of drug-likeness (QED) is 0.185. The first-order chi connectivity index (χ1) is 35.5. The van der Waals surface area contributed by atoms with Gasteiger partial charge >= 0.3 is 0 Å². The lowest BCUT2D eigenvalue weighted by atomic mass is 10.2. The van der Waals surface area contributed by atoms with Gasteiger partial charge in [-0.2, -0.15) is 0 Å². The predicted molar refractivity (Wildman–Crippen MR) is 322 cm³/mol. The second-order valence-electron chi connectivity index (χ2n) is 21.4. The molecule has 79 heavy (non-hydrogen) atoms. The van der Waals surface area contributed by atoms with E-state index in [2.05, 4.69) is 62.8 Å². The lowest BCUT2D eigenvalue weighted by Crippen LogP contribution is -2.51. The second-order valence-corrected chi connectivity index (χ2v) is 21.4. The number of carbonyl (C=O) groups excluding carboxylic acids is 4. The third-order valence-electron chi connectivity index (χ3n) is 11.6. The molecular weight excluding hydrogens is 1090 g/mol. The van der Waals surface area contributed by atoms with Crippen LogP contribution < -0.4 is 27.0 Å². The summed E-state index contributed by atoms with van der Waals surface area (Å²) < 4.78 is 31.5. The van der Waals surface area contributed by atoms with Crippen LogP contribution in [0.25, 0.3) is 0 Å². The number of morpholine rings is 6. The van der Waals surface area contributed by atoms with Crippen molar-refractivity contribution in [2.75, 3.05) is 106 Å². The minimum absolute atomic E-state index is 0. The van der Waals surface area contributed by atoms with E-state index < -0.39 is 0 Å². The number of rotatable bonds is 6. The molecule has 0 spiro atoms. The molecule has 6 aliphatic rings. The van der Waals surface area contributed by atoms with E-state index >= 15 is 0 Å². The van der Waals surface area contributed by atoms with Gasteiger partial charge in [-0.05, 0) is 111 Å². The molecule has 15 atom stereocenters. The molecule has 0 radical (unpaired) electrons. The van der Waals surface area contributed by atoms with Crippen LogP contribution in [0.4, 0.5) is 0 Å². The number of hydrogen-bond donors (Lipinski definition) is 9. The zero-order valence-corrected chi connectivity index (χ0v) is 54.4. The predicted octanol–water partition coefficient (Wildman–Crippen LogP) is 2.57. The number of nitrogens with two attached hydrogens (primary N) is 1. The van der Waals surface area contributed by atoms with Gasteiger partial charge in [0.1, 0.15) is 6.61 Å². The Morgan fingerprint density at radius 1 is 0.418 bits per heavy atom. The van der Waals surface area contributed by atoms with Gasteiger partial charge in [0.05, 0.1) is 135 Å². The van der Waals surface area contributed by atoms with Gasteiger partial charge in [-0.25, -0.2) is 0 Å². The minimum atomic E-state index is -0.333. The Morgan fingerprint density at radius 3 is 0.671 bits per heavy atom. The van der Waals surface area contributed by atoms with Crippen LogP contribution in [0.15, 0.2) is 0 Å². The average molecular weight is 1210 g/mol. The van der Waals surface area contributed by atoms with Crippen molar-refractivity contribution in [3.05, 3.63) is 0 Å². The highest BCUT2D eigenvalue weighted by Crippen LogP contribution is 2.14. The highest BCUT2D eigenvalue weighted by atomic mass is 35.5. The van der Waals surface area contributed by atoms with Crippen molar-refractivity contribution in [1.29, 1.82) is 0 Å². The monoisotopic (exact) mass is 1210 g/mol. The Bertz CT molecular complexity index is 1290. The lowest BCUT2D eigenvalue weighted by molar-refractivity contribution is -0.142. The lowest BCUT2D eigenvalue weighted by Gasteiger charge is -2.38. The van der Waals surface area contributed by atoms with Gasteiger partial charge in [0, 0.05) is 75.1 Å². The highest BCUT2D eigenvalue weighted by Gasteiger charge is 2.29. The zero-order valence-electron chi connectivity index (χ0n) is 52.0. The molecule has 6 fully saturated rings. The molecule has 0 aliphatic carbocycles. The Balaban J connectivity index is -0.000000191. The largest absolute Gasteiger partial charge is 0.395 e. The Kier molecular flexibility index (Phi) is 59.5. The van der Waals surface area contributed by atoms with Gasteiger partial charge in [0.2, 0.25) is 17.7 Å². The number of ether oxygens (including phenoxy) is 6. The number of nitrogens with zero attached hydrogens (tertiary/aromatic N) is 3. The number of halogens is 3. The van der Waals surface area contributed by atoms with Crippen LogP contribution in [-0.2, 0) is 47.6 Å². The number of hydrogen-bond acceptors (Lipinski definition) is 19. The van der Waals surface area contributed by atoms with E-state index in [9.17, 15) is 19.2 Å². The number of aliphatic hydroxyl groups excluding tert-OH is 4. The third kappa shape index (κ3) is 47.4. The van der Waals surface area contributed by atoms with Gasteiger partial charge in [0.25, 0.3) is 0 Å². The standard InChI is InChI=1S/3C8H15NO2.C6H15NO2.3C6H13NO.C3H9NO.C3H6O2.3ClH/c3*1-6-4-11-5-7(2)9(6)8(3)10;1-5(3-8)7-6(2)4-9;3*1-5-3-8-4-6(2)7-5;1-3(4)2-5;1-3(5)2-4;;;/h3*6-7H,4-5H2,1-3H3;5-9H,3-4H2,1-2H3;3*5-7H,3-4H2,1-2H3;3,5H,2,4H2,1H3;4H,2H2,1H3;3*1H/t6-,7?;6-,7+;6-,7-;2*5-,6?;5-,6+;5-,6-;3-;;;;/m0.000.00..../s1. The molecule has 0 aromatic heterocycles. The van der Waals surface area contributed by atoms with Crippen LogP contribution in [0.1, 0.15) is 132 Å². The van der Waals surface area contributed by atoms with Crippen molar-refractivity contribution >= 4 is 60.7 Å². The summed E-state index contributed by atoms with van der Waals surface area (Å²) in [5.74, 6) is 0.250. The van der Waals surface area contributed by atoms with E-state index in [1.54, 1.807) is 27.7 Å². The highest BCUT2D eigenvalue weighted by molar-refractivity contribution is 5.86. The second kappa shape index (κ2) is 53.1. The van der Waals surface area contributed by atoms with Crippen molar-refractivity contribution in [3.63, 3.8) is 0 Å². The SMILES string of the molecule is CC(=O)CO.CC(=O)N1C(C)COC[C@@H]1C.CC(=O)N1[C@@H](C)COC[C@@H]1C.CC(=O)N1[C@H](C)COC[C@@H]1C.CC(CO)N[C@@H](C)CO.CC1COC[C@H](C)N1.C[C@@H]1COC[C@H](C)N1.C[C@H](N)CO.C[C@H]1COC[C@H](C)N1.Cl.Cl.Cl. The summed E-state index contributed by atoms with van der Waals surface area (Å²) in [5, 5.41) is 45.9. The van der Waals surface area contributed by atoms with Gasteiger partial charge in [0.15, 0.2) is 5.78 Å². The summed E-state index contributed by atoms with van der Waals surface area (Å²) in [5.41, 5.74) is 5.04. The van der Waals surface area contributed by atoms with Crippen LogP contribution in [-0.4, -0.2) is 255 Å². The number of carbonyl (C=O) groups is 4. The summed E-state index contributed by atoms with van der Waals surface area (Å²) in [6.45, 7) is 45.7. The van der Waals surface area contributed by atoms with Gasteiger partial charge in [-0.3, -0.25) is 19.2 Å². The van der Waals surface area contributed by atoms with E-state index in [-0.39, 0.29) is 142 Å². The fourth-order valence-electron chi connectivity index (χ4n) is 8.48. The van der Waals surface area contributed by atoms with Crippen LogP contribution in [0.5, 0.6) is 0 Å². The first kappa shape index (κ1) is 88.6. The van der Waals surface area contributed by atoms with Gasteiger partial charge in [-0.15, -0.1) is 37.2 Å². The van der Waals surface area contributed by atoms with Gasteiger partial charge in [-0.1, -0.05) is 0 Å². The van der Waals surface area contributed by atoms with E-state index in [0.717, 1.165) is 39.6 Å². The normalized spacial score (nSPS) is 28.9. The molecule has 0 aromatic rings. The van der Waals surface area contributed by atoms with Crippen molar-refractivity contribution in [2.45, 2.75) is 222 Å². The van der Waals surface area contributed by atoms with E-state index in [1.807, 2.05) is 70.1 Å². The first-order valence-corrected chi connectivity index (χ1v) is 27.5. The number of ketones is 1. The number of nitrogens with one attached hydrogen (secondary N) is 4. The molecule has 3 amide bonds. The molecule has 6 saturated heterocycles. The fourth-order valence-corrected chi connectivity index (χ4v) is 8.48. The van der Waals surface area contributed by atoms with Crippen molar-refractivity contribution < 1.29 is 68.0 Å². The van der Waals surface area contributed by atoms with Crippen molar-refractivity contribution in [2.24, 2.45) is 5.73 Å². The van der Waals surface area contributed by atoms with Crippen molar-refractivity contribution in [1.82, 2.24) is 36.0 Å². The summed E-state index contributed by atoms with van der Waals surface area (Å²) in [6, 6.07) is 4.73. The topological polar surface area (TPSA) is 288 Å². The molecule has 3 unspecified atom stereocenters. The maximum Gasteiger partial charge on any atom is 0.220 e. The average Bonchev–Trinajstić information content (AvgIpc) is 3.32. The van der Waals surface area contributed by atoms with Gasteiger partial charge < -0.3 is 90.5 Å². The number of amides is 3. The van der Waals surface area contributed by atoms with Crippen LogP contribution in [0.3, 0.4) is 0 Å².